The summed E-state index contributed by atoms with van der Waals surface area (Å²) in [5.41, 5.74) is -1.17. The quantitative estimate of drug-likeness (QED) is 0.790. The van der Waals surface area contributed by atoms with Crippen LogP contribution in [0.25, 0.3) is 0 Å². The first kappa shape index (κ1) is 12.7. The lowest BCUT2D eigenvalue weighted by Gasteiger charge is -2.21. The molecule has 0 aliphatic heterocycles. The summed E-state index contributed by atoms with van der Waals surface area (Å²) < 4.78 is 0.712. The molecule has 84 valence electrons. The number of aromatic nitrogens is 1. The van der Waals surface area contributed by atoms with E-state index in [1.807, 2.05) is 0 Å². The minimum absolute atomic E-state index is 0.205. The van der Waals surface area contributed by atoms with E-state index in [0.29, 0.717) is 15.3 Å². The van der Waals surface area contributed by atoms with Crippen LogP contribution >= 0.6 is 27.5 Å². The summed E-state index contributed by atoms with van der Waals surface area (Å²) in [5.74, 6) is 0.577. The van der Waals surface area contributed by atoms with Gasteiger partial charge >= 0.3 is 0 Å². The third-order valence-corrected chi connectivity index (χ3v) is 2.60. The SMILES string of the molecule is CC(O)(CO)CNc1ncc(Cl)cc1Br. The summed E-state index contributed by atoms with van der Waals surface area (Å²) in [7, 11) is 0. The van der Waals surface area contributed by atoms with E-state index in [4.69, 9.17) is 16.7 Å². The van der Waals surface area contributed by atoms with Crippen molar-refractivity contribution in [1.82, 2.24) is 4.98 Å². The Morgan fingerprint density at radius 1 is 1.67 bits per heavy atom. The summed E-state index contributed by atoms with van der Waals surface area (Å²) in [6.45, 7) is 1.42. The summed E-state index contributed by atoms with van der Waals surface area (Å²) in [6, 6.07) is 1.70. The van der Waals surface area contributed by atoms with E-state index in [0.717, 1.165) is 0 Å². The normalized spacial score (nSPS) is 14.7. The molecule has 1 unspecified atom stereocenters. The van der Waals surface area contributed by atoms with E-state index in [1.165, 1.54) is 13.1 Å². The molecule has 0 fully saturated rings. The highest BCUT2D eigenvalue weighted by Gasteiger charge is 2.19. The Hall–Kier alpha value is -0.360. The van der Waals surface area contributed by atoms with Gasteiger partial charge in [0.25, 0.3) is 0 Å². The molecule has 0 amide bonds. The van der Waals surface area contributed by atoms with E-state index < -0.39 is 5.60 Å². The zero-order valence-corrected chi connectivity index (χ0v) is 10.5. The van der Waals surface area contributed by atoms with Crippen LogP contribution in [0.3, 0.4) is 0 Å². The van der Waals surface area contributed by atoms with Gasteiger partial charge in [0.15, 0.2) is 0 Å². The predicted octanol–water partition coefficient (Wildman–Crippen LogP) is 1.65. The number of halogens is 2. The number of rotatable bonds is 4. The van der Waals surface area contributed by atoms with Crippen molar-refractivity contribution in [3.8, 4) is 0 Å². The average Bonchev–Trinajstić information content (AvgIpc) is 2.16. The lowest BCUT2D eigenvalue weighted by atomic mass is 10.1. The maximum absolute atomic E-state index is 9.55. The highest BCUT2D eigenvalue weighted by molar-refractivity contribution is 9.10. The third kappa shape index (κ3) is 3.95. The van der Waals surface area contributed by atoms with Gasteiger partial charge in [-0.1, -0.05) is 11.6 Å². The van der Waals surface area contributed by atoms with Gasteiger partial charge < -0.3 is 15.5 Å². The lowest BCUT2D eigenvalue weighted by Crippen LogP contribution is -2.37. The molecule has 15 heavy (non-hydrogen) atoms. The molecule has 0 aliphatic rings. The molecule has 0 radical (unpaired) electrons. The first-order chi connectivity index (χ1) is 6.94. The van der Waals surface area contributed by atoms with E-state index in [-0.39, 0.29) is 13.2 Å². The van der Waals surface area contributed by atoms with Crippen LogP contribution in [0.2, 0.25) is 5.02 Å². The minimum atomic E-state index is -1.17. The highest BCUT2D eigenvalue weighted by Crippen LogP contribution is 2.23. The van der Waals surface area contributed by atoms with Crippen LogP contribution in [0.15, 0.2) is 16.7 Å². The van der Waals surface area contributed by atoms with Crippen LogP contribution in [0.4, 0.5) is 5.82 Å². The van der Waals surface area contributed by atoms with Gasteiger partial charge in [-0.2, -0.15) is 0 Å². The van der Waals surface area contributed by atoms with Gasteiger partial charge in [-0.25, -0.2) is 4.98 Å². The Morgan fingerprint density at radius 3 is 2.87 bits per heavy atom. The van der Waals surface area contributed by atoms with E-state index in [1.54, 1.807) is 6.07 Å². The number of aliphatic hydroxyl groups is 2. The van der Waals surface area contributed by atoms with E-state index in [2.05, 4.69) is 26.2 Å². The number of aliphatic hydroxyl groups excluding tert-OH is 1. The molecule has 0 aromatic carbocycles. The molecule has 0 saturated carbocycles. The molecule has 0 bridgehead atoms. The molecular weight excluding hydrogens is 283 g/mol. The van der Waals surface area contributed by atoms with Crippen molar-refractivity contribution in [1.29, 1.82) is 0 Å². The Bertz CT molecular complexity index is 347. The fourth-order valence-electron chi connectivity index (χ4n) is 0.875. The van der Waals surface area contributed by atoms with Crippen LogP contribution in [0.1, 0.15) is 6.92 Å². The van der Waals surface area contributed by atoms with Gasteiger partial charge in [-0.3, -0.25) is 0 Å². The molecule has 1 rings (SSSR count). The topological polar surface area (TPSA) is 65.4 Å². The summed E-state index contributed by atoms with van der Waals surface area (Å²) in [6.07, 6.45) is 1.50. The summed E-state index contributed by atoms with van der Waals surface area (Å²) in [5, 5.41) is 21.8. The van der Waals surface area contributed by atoms with Gasteiger partial charge in [0.2, 0.25) is 0 Å². The van der Waals surface area contributed by atoms with Crippen molar-refractivity contribution >= 4 is 33.3 Å². The number of hydrogen-bond donors (Lipinski definition) is 3. The third-order valence-electron chi connectivity index (χ3n) is 1.79. The summed E-state index contributed by atoms with van der Waals surface area (Å²) in [4.78, 5) is 4.03. The second-order valence-electron chi connectivity index (χ2n) is 3.49. The summed E-state index contributed by atoms with van der Waals surface area (Å²) >= 11 is 9.01. The largest absolute Gasteiger partial charge is 0.393 e. The predicted molar refractivity (Wildman–Crippen MR) is 63.1 cm³/mol. The lowest BCUT2D eigenvalue weighted by molar-refractivity contribution is 0.0131. The van der Waals surface area contributed by atoms with E-state index >= 15 is 0 Å². The Morgan fingerprint density at radius 2 is 2.33 bits per heavy atom. The molecular formula is C9H12BrClN2O2. The fraction of sp³-hybridized carbons (Fsp3) is 0.444. The number of nitrogens with one attached hydrogen (secondary N) is 1. The zero-order valence-electron chi connectivity index (χ0n) is 8.17. The van der Waals surface area contributed by atoms with E-state index in [9.17, 15) is 5.11 Å². The van der Waals surface area contributed by atoms with Gasteiger partial charge in [0.05, 0.1) is 16.1 Å². The van der Waals surface area contributed by atoms with Crippen LogP contribution in [0.5, 0.6) is 0 Å². The number of hydrogen-bond acceptors (Lipinski definition) is 4. The Balaban J connectivity index is 2.66. The molecule has 6 heteroatoms. The van der Waals surface area contributed by atoms with Crippen molar-refractivity contribution in [3.63, 3.8) is 0 Å². The smallest absolute Gasteiger partial charge is 0.140 e. The maximum atomic E-state index is 9.55. The first-order valence-corrected chi connectivity index (χ1v) is 5.50. The van der Waals surface area contributed by atoms with Crippen LogP contribution in [-0.2, 0) is 0 Å². The molecule has 0 spiro atoms. The van der Waals surface area contributed by atoms with Crippen LogP contribution in [0, 0.1) is 0 Å². The zero-order chi connectivity index (χ0) is 11.5. The molecule has 1 aromatic heterocycles. The minimum Gasteiger partial charge on any atom is -0.393 e. The monoisotopic (exact) mass is 294 g/mol. The molecule has 3 N–H and O–H groups in total. The van der Waals surface area contributed by atoms with Gasteiger partial charge in [0, 0.05) is 12.7 Å². The first-order valence-electron chi connectivity index (χ1n) is 4.33. The molecule has 1 heterocycles. The van der Waals surface area contributed by atoms with Crippen molar-refractivity contribution < 1.29 is 10.2 Å². The standard InChI is InChI=1S/C9H12BrClN2O2/c1-9(15,5-14)4-13-8-7(10)2-6(11)3-12-8/h2-3,14-15H,4-5H2,1H3,(H,12,13). The van der Waals surface area contributed by atoms with Crippen molar-refractivity contribution in [3.05, 3.63) is 21.8 Å². The maximum Gasteiger partial charge on any atom is 0.140 e. The molecule has 1 aromatic rings. The second kappa shape index (κ2) is 5.12. The van der Waals surface area contributed by atoms with Gasteiger partial charge in [-0.15, -0.1) is 0 Å². The highest BCUT2D eigenvalue weighted by atomic mass is 79.9. The number of nitrogens with zero attached hydrogens (tertiary/aromatic N) is 1. The van der Waals surface area contributed by atoms with Crippen molar-refractivity contribution in [2.24, 2.45) is 0 Å². The van der Waals surface area contributed by atoms with Crippen molar-refractivity contribution in [2.45, 2.75) is 12.5 Å². The molecule has 1 atom stereocenters. The van der Waals surface area contributed by atoms with Crippen LogP contribution < -0.4 is 5.32 Å². The molecule has 0 saturated heterocycles. The van der Waals surface area contributed by atoms with Crippen LogP contribution in [-0.4, -0.2) is 33.9 Å². The number of anilines is 1. The van der Waals surface area contributed by atoms with Gasteiger partial charge in [-0.05, 0) is 28.9 Å². The number of pyridine rings is 1. The molecule has 4 nitrogen and oxygen atoms in total. The fourth-order valence-corrected chi connectivity index (χ4v) is 1.65. The second-order valence-corrected chi connectivity index (χ2v) is 4.78. The van der Waals surface area contributed by atoms with Crippen molar-refractivity contribution in [2.75, 3.05) is 18.5 Å². The Labute approximate surface area is 101 Å². The Kier molecular flexibility index (Phi) is 4.33. The molecule has 0 aliphatic carbocycles. The van der Waals surface area contributed by atoms with Gasteiger partial charge in [0.1, 0.15) is 11.4 Å². The average molecular weight is 296 g/mol.